The summed E-state index contributed by atoms with van der Waals surface area (Å²) in [6, 6.07) is 0.614. The van der Waals surface area contributed by atoms with Crippen LogP contribution in [0.1, 0.15) is 86.0 Å². The van der Waals surface area contributed by atoms with E-state index in [4.69, 9.17) is 0 Å². The molecule has 0 rings (SSSR count). The second kappa shape index (κ2) is 9.94. The smallest absolute Gasteiger partial charge is 0.00106 e. The van der Waals surface area contributed by atoms with Crippen LogP contribution in [0.25, 0.3) is 0 Å². The minimum absolute atomic E-state index is 0.466. The molecule has 0 bridgehead atoms. The quantitative estimate of drug-likeness (QED) is 0.493. The summed E-state index contributed by atoms with van der Waals surface area (Å²) in [6.07, 6.45) is 11.3. The first kappa shape index (κ1) is 17.0. The van der Waals surface area contributed by atoms with Gasteiger partial charge in [0.2, 0.25) is 0 Å². The Balaban J connectivity index is 3.39. The van der Waals surface area contributed by atoms with Crippen molar-refractivity contribution in [3.8, 4) is 0 Å². The van der Waals surface area contributed by atoms with Gasteiger partial charge >= 0.3 is 0 Å². The largest absolute Gasteiger partial charge is 0.314 e. The molecule has 104 valence electrons. The Labute approximate surface area is 110 Å². The van der Waals surface area contributed by atoms with E-state index < -0.39 is 0 Å². The van der Waals surface area contributed by atoms with Gasteiger partial charge in [-0.05, 0) is 11.8 Å². The van der Waals surface area contributed by atoms with E-state index in [1.165, 1.54) is 51.4 Å². The number of hydrogen-bond donors (Lipinski definition) is 1. The molecule has 0 fully saturated rings. The van der Waals surface area contributed by atoms with Crippen molar-refractivity contribution in [2.24, 2.45) is 5.41 Å². The molecule has 0 aliphatic heterocycles. The van der Waals surface area contributed by atoms with Crippen molar-refractivity contribution >= 4 is 0 Å². The van der Waals surface area contributed by atoms with Crippen LogP contribution in [0.15, 0.2) is 0 Å². The summed E-state index contributed by atoms with van der Waals surface area (Å²) in [7, 11) is 0. The molecule has 0 atom stereocenters. The SMILES string of the molecule is CCCCCCCCCC(C)(C)CNC(C)C. The maximum atomic E-state index is 3.55. The van der Waals surface area contributed by atoms with Crippen LogP contribution >= 0.6 is 0 Å². The molecule has 0 unspecified atom stereocenters. The van der Waals surface area contributed by atoms with Crippen molar-refractivity contribution in [2.45, 2.75) is 92.0 Å². The molecule has 0 spiro atoms. The molecule has 1 heteroatoms. The van der Waals surface area contributed by atoms with Gasteiger partial charge in [0, 0.05) is 12.6 Å². The van der Waals surface area contributed by atoms with Gasteiger partial charge in [0.25, 0.3) is 0 Å². The number of rotatable bonds is 11. The lowest BCUT2D eigenvalue weighted by Gasteiger charge is -2.26. The van der Waals surface area contributed by atoms with Gasteiger partial charge in [-0.2, -0.15) is 0 Å². The highest BCUT2D eigenvalue weighted by Gasteiger charge is 2.16. The standard InChI is InChI=1S/C16H35N/c1-6-7-8-9-10-11-12-13-16(4,5)14-17-15(2)3/h15,17H,6-14H2,1-5H3. The lowest BCUT2D eigenvalue weighted by molar-refractivity contribution is 0.292. The summed E-state index contributed by atoms with van der Waals surface area (Å²) < 4.78 is 0. The van der Waals surface area contributed by atoms with Crippen molar-refractivity contribution in [2.75, 3.05) is 6.54 Å². The van der Waals surface area contributed by atoms with Gasteiger partial charge in [-0.3, -0.25) is 0 Å². The minimum atomic E-state index is 0.466. The third-order valence-electron chi connectivity index (χ3n) is 3.45. The fraction of sp³-hybridized carbons (Fsp3) is 1.00. The molecule has 17 heavy (non-hydrogen) atoms. The molecular weight excluding hydrogens is 206 g/mol. The third-order valence-corrected chi connectivity index (χ3v) is 3.45. The van der Waals surface area contributed by atoms with Crippen LogP contribution < -0.4 is 5.32 Å². The second-order valence-corrected chi connectivity index (χ2v) is 6.57. The molecule has 0 aliphatic carbocycles. The van der Waals surface area contributed by atoms with Crippen molar-refractivity contribution in [1.82, 2.24) is 5.32 Å². The molecule has 0 aromatic heterocycles. The van der Waals surface area contributed by atoms with E-state index in [1.807, 2.05) is 0 Å². The average molecular weight is 241 g/mol. The Morgan fingerprint density at radius 1 is 0.882 bits per heavy atom. The molecule has 0 aromatic carbocycles. The van der Waals surface area contributed by atoms with Crippen LogP contribution in [0.2, 0.25) is 0 Å². The van der Waals surface area contributed by atoms with Gasteiger partial charge in [0.15, 0.2) is 0 Å². The molecule has 0 aliphatic rings. The Morgan fingerprint density at radius 2 is 1.41 bits per heavy atom. The Bertz CT molecular complexity index is 161. The van der Waals surface area contributed by atoms with Gasteiger partial charge in [-0.1, -0.05) is 79.6 Å². The van der Waals surface area contributed by atoms with Crippen molar-refractivity contribution in [3.05, 3.63) is 0 Å². The second-order valence-electron chi connectivity index (χ2n) is 6.57. The van der Waals surface area contributed by atoms with Gasteiger partial charge in [-0.25, -0.2) is 0 Å². The highest BCUT2D eigenvalue weighted by Crippen LogP contribution is 2.23. The molecule has 0 heterocycles. The van der Waals surface area contributed by atoms with Crippen molar-refractivity contribution < 1.29 is 0 Å². The Hall–Kier alpha value is -0.0400. The number of unbranched alkanes of at least 4 members (excludes halogenated alkanes) is 6. The molecule has 1 N–H and O–H groups in total. The van der Waals surface area contributed by atoms with E-state index in [-0.39, 0.29) is 0 Å². The van der Waals surface area contributed by atoms with E-state index in [1.54, 1.807) is 0 Å². The van der Waals surface area contributed by atoms with Crippen LogP contribution in [0.5, 0.6) is 0 Å². The molecule has 0 amide bonds. The number of nitrogens with one attached hydrogen (secondary N) is 1. The lowest BCUT2D eigenvalue weighted by Crippen LogP contribution is -2.33. The van der Waals surface area contributed by atoms with E-state index in [2.05, 4.69) is 39.9 Å². The van der Waals surface area contributed by atoms with E-state index in [9.17, 15) is 0 Å². The van der Waals surface area contributed by atoms with Crippen LogP contribution in [0.4, 0.5) is 0 Å². The summed E-state index contributed by atoms with van der Waals surface area (Å²) in [6.45, 7) is 12.7. The van der Waals surface area contributed by atoms with E-state index >= 15 is 0 Å². The topological polar surface area (TPSA) is 12.0 Å². The van der Waals surface area contributed by atoms with Crippen molar-refractivity contribution in [1.29, 1.82) is 0 Å². The van der Waals surface area contributed by atoms with Crippen LogP contribution in [-0.2, 0) is 0 Å². The van der Waals surface area contributed by atoms with E-state index in [0.29, 0.717) is 11.5 Å². The predicted molar refractivity (Wildman–Crippen MR) is 79.5 cm³/mol. The van der Waals surface area contributed by atoms with Crippen LogP contribution in [0.3, 0.4) is 0 Å². The lowest BCUT2D eigenvalue weighted by atomic mass is 9.86. The van der Waals surface area contributed by atoms with Crippen molar-refractivity contribution in [3.63, 3.8) is 0 Å². The molecule has 0 radical (unpaired) electrons. The fourth-order valence-corrected chi connectivity index (χ4v) is 2.13. The first-order valence-corrected chi connectivity index (χ1v) is 7.71. The van der Waals surface area contributed by atoms with Gasteiger partial charge in [-0.15, -0.1) is 0 Å². The third kappa shape index (κ3) is 12.2. The molecular formula is C16H35N. The summed E-state index contributed by atoms with van der Waals surface area (Å²) in [4.78, 5) is 0. The monoisotopic (exact) mass is 241 g/mol. The summed E-state index contributed by atoms with van der Waals surface area (Å²) in [5, 5.41) is 3.55. The predicted octanol–water partition coefficient (Wildman–Crippen LogP) is 5.15. The first-order valence-electron chi connectivity index (χ1n) is 7.71. The Kier molecular flexibility index (Phi) is 9.91. The molecule has 0 aromatic rings. The average Bonchev–Trinajstić information content (AvgIpc) is 2.25. The van der Waals surface area contributed by atoms with Gasteiger partial charge in [0.1, 0.15) is 0 Å². The fourth-order valence-electron chi connectivity index (χ4n) is 2.13. The molecule has 1 nitrogen and oxygen atoms in total. The van der Waals surface area contributed by atoms with Crippen LogP contribution in [-0.4, -0.2) is 12.6 Å². The number of hydrogen-bond acceptors (Lipinski definition) is 1. The zero-order chi connectivity index (χ0) is 13.1. The van der Waals surface area contributed by atoms with Gasteiger partial charge < -0.3 is 5.32 Å². The summed E-state index contributed by atoms with van der Waals surface area (Å²) in [5.74, 6) is 0. The first-order chi connectivity index (χ1) is 7.98. The Morgan fingerprint density at radius 3 is 1.94 bits per heavy atom. The molecule has 0 saturated heterocycles. The zero-order valence-electron chi connectivity index (χ0n) is 12.9. The molecule has 0 saturated carbocycles. The maximum absolute atomic E-state index is 3.55. The summed E-state index contributed by atoms with van der Waals surface area (Å²) >= 11 is 0. The highest BCUT2D eigenvalue weighted by atomic mass is 14.9. The van der Waals surface area contributed by atoms with Gasteiger partial charge in [0.05, 0.1) is 0 Å². The minimum Gasteiger partial charge on any atom is -0.314 e. The maximum Gasteiger partial charge on any atom is 0.00106 e. The summed E-state index contributed by atoms with van der Waals surface area (Å²) in [5.41, 5.74) is 0.466. The highest BCUT2D eigenvalue weighted by molar-refractivity contribution is 4.72. The zero-order valence-corrected chi connectivity index (χ0v) is 12.9. The van der Waals surface area contributed by atoms with E-state index in [0.717, 1.165) is 6.54 Å². The van der Waals surface area contributed by atoms with Crippen LogP contribution in [0, 0.1) is 5.41 Å². The normalized spacial score (nSPS) is 12.4.